The van der Waals surface area contributed by atoms with Crippen LogP contribution in [0.1, 0.15) is 39.7 Å². The van der Waals surface area contributed by atoms with Crippen LogP contribution in [0.15, 0.2) is 30.0 Å². The Morgan fingerprint density at radius 3 is 2.42 bits per heavy atom. The molecule has 1 atom stereocenters. The fourth-order valence-electron chi connectivity index (χ4n) is 3.31. The normalized spacial score (nSPS) is 26.3. The Bertz CT molecular complexity index is 695. The smallest absolute Gasteiger partial charge is 0.398 e. The lowest BCUT2D eigenvalue weighted by atomic mass is 9.82. The molecule has 2 heterocycles. The summed E-state index contributed by atoms with van der Waals surface area (Å²) in [5.74, 6) is 0. The lowest BCUT2D eigenvalue weighted by Gasteiger charge is -2.32. The van der Waals surface area contributed by atoms with E-state index >= 15 is 4.39 Å². The monoisotopic (exact) mass is 380 g/mol. The summed E-state index contributed by atoms with van der Waals surface area (Å²) in [6, 6.07) is 7.42. The first-order chi connectivity index (χ1) is 12.1. The Morgan fingerprint density at radius 1 is 1.27 bits per heavy atom. The molecule has 2 aliphatic rings. The number of benzene rings is 1. The fourth-order valence-corrected chi connectivity index (χ4v) is 3.56. The molecule has 4 nitrogen and oxygen atoms in total. The summed E-state index contributed by atoms with van der Waals surface area (Å²) in [6.45, 7) is 9.65. The first kappa shape index (κ1) is 19.8. The molecule has 0 amide bonds. The van der Waals surface area contributed by atoms with E-state index in [-0.39, 0.29) is 6.04 Å². The van der Waals surface area contributed by atoms with Gasteiger partial charge in [0, 0.05) is 36.3 Å². The Morgan fingerprint density at radius 2 is 1.88 bits per heavy atom. The zero-order valence-corrected chi connectivity index (χ0v) is 16.6. The summed E-state index contributed by atoms with van der Waals surface area (Å²) in [4.78, 5) is 2.15. The molecule has 2 fully saturated rings. The zero-order valence-electron chi connectivity index (χ0n) is 15.9. The Balaban J connectivity index is 1.97. The van der Waals surface area contributed by atoms with E-state index in [9.17, 15) is 0 Å². The van der Waals surface area contributed by atoms with Gasteiger partial charge in [0.15, 0.2) is 0 Å². The van der Waals surface area contributed by atoms with E-state index in [0.29, 0.717) is 22.7 Å². The van der Waals surface area contributed by atoms with Gasteiger partial charge in [0.05, 0.1) is 11.2 Å². The molecule has 0 saturated carbocycles. The molecule has 0 aromatic heterocycles. The third-order valence-corrected chi connectivity index (χ3v) is 5.97. The number of hydrogen-bond donors (Lipinski definition) is 1. The molecule has 7 heteroatoms. The molecule has 26 heavy (non-hydrogen) atoms. The molecule has 0 radical (unpaired) electrons. The number of nitrogens with zero attached hydrogens (tertiary/aromatic N) is 1. The molecule has 2 aliphatic heterocycles. The van der Waals surface area contributed by atoms with E-state index in [1.54, 1.807) is 6.07 Å². The third-order valence-electron chi connectivity index (χ3n) is 5.64. The molecule has 0 spiro atoms. The highest BCUT2D eigenvalue weighted by Gasteiger charge is 2.53. The maximum atomic E-state index is 15.6. The Kier molecular flexibility index (Phi) is 5.53. The van der Waals surface area contributed by atoms with E-state index < -0.39 is 24.0 Å². The summed E-state index contributed by atoms with van der Waals surface area (Å²) >= 11 is 6.37. The van der Waals surface area contributed by atoms with Crippen LogP contribution in [-0.2, 0) is 9.31 Å². The van der Waals surface area contributed by atoms with Crippen LogP contribution in [-0.4, -0.2) is 48.9 Å². The molecule has 1 unspecified atom stereocenters. The summed E-state index contributed by atoms with van der Waals surface area (Å²) in [5.41, 5.74) is 5.56. The van der Waals surface area contributed by atoms with Gasteiger partial charge in [-0.1, -0.05) is 29.8 Å². The molecule has 0 aliphatic carbocycles. The number of hydrogen-bond acceptors (Lipinski definition) is 4. The van der Waals surface area contributed by atoms with Crippen LogP contribution in [0.2, 0.25) is 5.02 Å². The van der Waals surface area contributed by atoms with Crippen LogP contribution in [0.3, 0.4) is 0 Å². The van der Waals surface area contributed by atoms with Crippen molar-refractivity contribution in [2.45, 2.75) is 51.4 Å². The summed E-state index contributed by atoms with van der Waals surface area (Å²) in [7, 11) is -1.04. The van der Waals surface area contributed by atoms with Gasteiger partial charge in [-0.05, 0) is 45.7 Å². The van der Waals surface area contributed by atoms with Crippen molar-refractivity contribution < 1.29 is 13.7 Å². The lowest BCUT2D eigenvalue weighted by molar-refractivity contribution is 0.00578. The molecule has 142 valence electrons. The highest BCUT2D eigenvalue weighted by atomic mass is 35.5. The fraction of sp³-hybridized carbons (Fsp3) is 0.579. The van der Waals surface area contributed by atoms with E-state index in [0.717, 1.165) is 19.5 Å². The van der Waals surface area contributed by atoms with Gasteiger partial charge in [0.1, 0.15) is 5.73 Å². The minimum Gasteiger partial charge on any atom is -0.398 e. The quantitative estimate of drug-likeness (QED) is 0.809. The van der Waals surface area contributed by atoms with Crippen molar-refractivity contribution in [3.8, 4) is 0 Å². The Labute approximate surface area is 160 Å². The number of halogens is 2. The molecular weight excluding hydrogens is 353 g/mol. The van der Waals surface area contributed by atoms with Crippen LogP contribution >= 0.6 is 11.6 Å². The van der Waals surface area contributed by atoms with Gasteiger partial charge >= 0.3 is 7.12 Å². The predicted molar refractivity (Wildman–Crippen MR) is 105 cm³/mol. The molecule has 0 bridgehead atoms. The van der Waals surface area contributed by atoms with Crippen molar-refractivity contribution in [3.63, 3.8) is 0 Å². The van der Waals surface area contributed by atoms with E-state index in [2.05, 4.69) is 4.90 Å². The molecule has 2 N–H and O–H groups in total. The predicted octanol–water partition coefficient (Wildman–Crippen LogP) is 3.69. The SMILES string of the molecule is CC1(C)OB(C(F)=C(CN2CCC(N)C2)c2ccccc2Cl)OC1(C)C. The van der Waals surface area contributed by atoms with Gasteiger partial charge in [-0.15, -0.1) is 0 Å². The van der Waals surface area contributed by atoms with Gasteiger partial charge < -0.3 is 15.0 Å². The summed E-state index contributed by atoms with van der Waals surface area (Å²) < 4.78 is 27.4. The van der Waals surface area contributed by atoms with Gasteiger partial charge in [-0.25, -0.2) is 4.39 Å². The van der Waals surface area contributed by atoms with E-state index in [1.165, 1.54) is 0 Å². The van der Waals surface area contributed by atoms with Crippen molar-refractivity contribution in [2.24, 2.45) is 5.73 Å². The number of likely N-dealkylation sites (tertiary alicyclic amines) is 1. The van der Waals surface area contributed by atoms with Crippen molar-refractivity contribution in [1.82, 2.24) is 4.90 Å². The second-order valence-electron chi connectivity index (χ2n) is 8.18. The number of rotatable bonds is 4. The number of nitrogens with two attached hydrogens (primary N) is 1. The van der Waals surface area contributed by atoms with Gasteiger partial charge in [-0.3, -0.25) is 4.90 Å². The standard InChI is InChI=1S/C19H27BClFN2O2/c1-18(2)19(3,4)26-20(25-18)17(22)15(12-24-10-9-13(23)11-24)14-7-5-6-8-16(14)21/h5-8,13H,9-12,23H2,1-4H3. The third kappa shape index (κ3) is 3.85. The van der Waals surface area contributed by atoms with Crippen molar-refractivity contribution in [2.75, 3.05) is 19.6 Å². The van der Waals surface area contributed by atoms with Crippen LogP contribution in [0.4, 0.5) is 4.39 Å². The second kappa shape index (κ2) is 7.25. The topological polar surface area (TPSA) is 47.7 Å². The van der Waals surface area contributed by atoms with Crippen LogP contribution < -0.4 is 5.73 Å². The Hall–Kier alpha value is -0.915. The maximum Gasteiger partial charge on any atom is 0.525 e. The van der Waals surface area contributed by atoms with Crippen LogP contribution in [0, 0.1) is 0 Å². The average molecular weight is 381 g/mol. The molecule has 1 aromatic rings. The molecule has 2 saturated heterocycles. The van der Waals surface area contributed by atoms with E-state index in [4.69, 9.17) is 26.6 Å². The minimum atomic E-state index is -1.04. The van der Waals surface area contributed by atoms with E-state index in [1.807, 2.05) is 45.9 Å². The lowest BCUT2D eigenvalue weighted by Crippen LogP contribution is -2.41. The first-order valence-corrected chi connectivity index (χ1v) is 9.45. The summed E-state index contributed by atoms with van der Waals surface area (Å²) in [6.07, 6.45) is 0.911. The minimum absolute atomic E-state index is 0.127. The average Bonchev–Trinajstić information content (AvgIpc) is 3.05. The van der Waals surface area contributed by atoms with Crippen molar-refractivity contribution in [1.29, 1.82) is 0 Å². The second-order valence-corrected chi connectivity index (χ2v) is 8.59. The zero-order chi connectivity index (χ0) is 19.1. The molecule has 1 aromatic carbocycles. The maximum absolute atomic E-state index is 15.6. The first-order valence-electron chi connectivity index (χ1n) is 9.08. The highest BCUT2D eigenvalue weighted by Crippen LogP contribution is 2.41. The molecular formula is C19H27BClFN2O2. The summed E-state index contributed by atoms with van der Waals surface area (Å²) in [5, 5.41) is 0.512. The van der Waals surface area contributed by atoms with Gasteiger partial charge in [0.2, 0.25) is 0 Å². The van der Waals surface area contributed by atoms with Gasteiger partial charge in [0.25, 0.3) is 0 Å². The van der Waals surface area contributed by atoms with Gasteiger partial charge in [-0.2, -0.15) is 0 Å². The molecule has 3 rings (SSSR count). The van der Waals surface area contributed by atoms with Crippen molar-refractivity contribution in [3.05, 3.63) is 40.6 Å². The van der Waals surface area contributed by atoms with Crippen molar-refractivity contribution >= 4 is 24.3 Å². The van der Waals surface area contributed by atoms with Crippen LogP contribution in [0.5, 0.6) is 0 Å². The van der Waals surface area contributed by atoms with Crippen LogP contribution in [0.25, 0.3) is 5.57 Å². The highest BCUT2D eigenvalue weighted by molar-refractivity contribution is 6.55. The largest absolute Gasteiger partial charge is 0.525 e.